The summed E-state index contributed by atoms with van der Waals surface area (Å²) in [5, 5.41) is 12.1. The minimum atomic E-state index is -1.66. The van der Waals surface area contributed by atoms with Crippen LogP contribution in [-0.4, -0.2) is 11.2 Å². The Morgan fingerprint density at radius 2 is 1.85 bits per heavy atom. The molecule has 0 saturated heterocycles. The largest absolute Gasteiger partial charge is 0.399 e. The van der Waals surface area contributed by atoms with E-state index in [0.717, 1.165) is 33.9 Å². The van der Waals surface area contributed by atoms with E-state index in [0.29, 0.717) is 23.3 Å². The molecule has 180 valence electrons. The van der Waals surface area contributed by atoms with E-state index in [-0.39, 0.29) is 18.1 Å². The Morgan fingerprint density at radius 1 is 1.09 bits per heavy atom. The van der Waals surface area contributed by atoms with Crippen molar-refractivity contribution in [2.75, 3.05) is 0 Å². The van der Waals surface area contributed by atoms with Gasteiger partial charge in [0.1, 0.15) is 11.2 Å². The highest BCUT2D eigenvalue weighted by atomic mass is 31.1. The summed E-state index contributed by atoms with van der Waals surface area (Å²) in [6, 6.07) is 10.5. The van der Waals surface area contributed by atoms with Gasteiger partial charge in [0.15, 0.2) is 0 Å². The van der Waals surface area contributed by atoms with Gasteiger partial charge >= 0.3 is 8.24 Å². The Morgan fingerprint density at radius 3 is 2.52 bits per heavy atom. The van der Waals surface area contributed by atoms with Crippen LogP contribution in [0, 0.1) is 24.7 Å². The molecular weight excluding hydrogens is 431 g/mol. The standard InChI is InChI=1S/C28H39O4P/c1-17(2)22-10-8-18(3)14-25(22)30-33-31-26-15-21(28(5,6)7)9-11-23(26)24-13-19(4)12-20(16-29)27(24)32-33/h9,11-13,15,17-18,22,25,29H,8,10,14,16H2,1-7H3. The molecule has 33 heavy (non-hydrogen) atoms. The average Bonchev–Trinajstić information content (AvgIpc) is 2.88. The molecule has 1 aliphatic rings. The second-order valence-electron chi connectivity index (χ2n) is 11.3. The molecule has 1 aliphatic carbocycles. The highest BCUT2D eigenvalue weighted by Crippen LogP contribution is 2.42. The Hall–Kier alpha value is -1.74. The van der Waals surface area contributed by atoms with Crippen molar-refractivity contribution in [1.29, 1.82) is 0 Å². The third kappa shape index (κ3) is 5.19. The van der Waals surface area contributed by atoms with Crippen LogP contribution in [0.15, 0.2) is 38.7 Å². The predicted octanol–water partition coefficient (Wildman–Crippen LogP) is 8.28. The summed E-state index contributed by atoms with van der Waals surface area (Å²) >= 11 is 0. The molecule has 1 N–H and O–H groups in total. The first-order chi connectivity index (χ1) is 15.6. The second-order valence-corrected chi connectivity index (χ2v) is 12.3. The molecule has 4 unspecified atom stereocenters. The molecule has 3 aromatic rings. The quantitative estimate of drug-likeness (QED) is 0.417. The Kier molecular flexibility index (Phi) is 7.01. The van der Waals surface area contributed by atoms with Crippen molar-refractivity contribution in [2.24, 2.45) is 17.8 Å². The van der Waals surface area contributed by atoms with E-state index < -0.39 is 8.24 Å². The zero-order valence-electron chi connectivity index (χ0n) is 21.1. The fraction of sp³-hybridized carbons (Fsp3) is 0.571. The summed E-state index contributed by atoms with van der Waals surface area (Å²) in [4.78, 5) is 0. The fourth-order valence-corrected chi connectivity index (χ4v) is 6.39. The van der Waals surface area contributed by atoms with E-state index in [9.17, 15) is 5.11 Å². The molecule has 1 fully saturated rings. The Bertz CT molecular complexity index is 1170. The summed E-state index contributed by atoms with van der Waals surface area (Å²) in [6.07, 6.45) is 3.56. The van der Waals surface area contributed by atoms with Gasteiger partial charge in [-0.05, 0) is 72.3 Å². The summed E-state index contributed by atoms with van der Waals surface area (Å²) in [5.74, 6) is 1.68. The molecule has 5 heteroatoms. The molecule has 4 nitrogen and oxygen atoms in total. The highest BCUT2D eigenvalue weighted by Gasteiger charge is 2.33. The molecule has 0 amide bonds. The number of fused-ring (bicyclic) bond motifs is 3. The van der Waals surface area contributed by atoms with Crippen molar-refractivity contribution in [3.63, 3.8) is 0 Å². The lowest BCUT2D eigenvalue weighted by atomic mass is 9.75. The highest BCUT2D eigenvalue weighted by molar-refractivity contribution is 7.31. The van der Waals surface area contributed by atoms with Crippen molar-refractivity contribution in [2.45, 2.75) is 85.9 Å². The van der Waals surface area contributed by atoms with Crippen LogP contribution in [0.25, 0.3) is 21.9 Å². The Balaban J connectivity index is 1.95. The van der Waals surface area contributed by atoms with Gasteiger partial charge in [-0.1, -0.05) is 60.1 Å². The predicted molar refractivity (Wildman–Crippen MR) is 137 cm³/mol. The molecule has 1 aromatic heterocycles. The van der Waals surface area contributed by atoms with E-state index in [2.05, 4.69) is 65.8 Å². The smallest absolute Gasteiger partial charge is 0.387 e. The van der Waals surface area contributed by atoms with Gasteiger partial charge in [-0.2, -0.15) is 0 Å². The third-order valence-corrected chi connectivity index (χ3v) is 8.26. The fourth-order valence-electron chi connectivity index (χ4n) is 5.12. The topological polar surface area (TPSA) is 55.7 Å². The van der Waals surface area contributed by atoms with Crippen molar-refractivity contribution in [1.82, 2.24) is 0 Å². The van der Waals surface area contributed by atoms with Gasteiger partial charge in [-0.25, -0.2) is 0 Å². The van der Waals surface area contributed by atoms with Crippen LogP contribution in [0.3, 0.4) is 0 Å². The van der Waals surface area contributed by atoms with Crippen LogP contribution in [-0.2, 0) is 12.0 Å². The van der Waals surface area contributed by atoms with E-state index in [1.165, 1.54) is 18.4 Å². The molecule has 0 aliphatic heterocycles. The van der Waals surface area contributed by atoms with Gasteiger partial charge in [0.2, 0.25) is 0 Å². The molecule has 0 radical (unpaired) electrons. The monoisotopic (exact) mass is 470 g/mol. The van der Waals surface area contributed by atoms with Crippen LogP contribution in [0.4, 0.5) is 0 Å². The van der Waals surface area contributed by atoms with E-state index >= 15 is 0 Å². The molecule has 1 saturated carbocycles. The maximum atomic E-state index is 10.1. The lowest BCUT2D eigenvalue weighted by Gasteiger charge is -2.35. The third-order valence-electron chi connectivity index (χ3n) is 7.14. The Labute approximate surface area is 199 Å². The van der Waals surface area contributed by atoms with Crippen molar-refractivity contribution in [3.05, 3.63) is 47.0 Å². The summed E-state index contributed by atoms with van der Waals surface area (Å²) in [7, 11) is -1.66. The molecule has 2 aromatic carbocycles. The molecule has 1 heterocycles. The molecule has 0 spiro atoms. The van der Waals surface area contributed by atoms with Gasteiger partial charge in [-0.15, -0.1) is 0 Å². The average molecular weight is 471 g/mol. The lowest BCUT2D eigenvalue weighted by Crippen LogP contribution is -2.35. The van der Waals surface area contributed by atoms with Crippen molar-refractivity contribution >= 4 is 30.2 Å². The first-order valence-corrected chi connectivity index (χ1v) is 13.4. The van der Waals surface area contributed by atoms with Gasteiger partial charge in [0, 0.05) is 16.3 Å². The van der Waals surface area contributed by atoms with E-state index in [1.54, 1.807) is 0 Å². The van der Waals surface area contributed by atoms with Gasteiger partial charge in [0.05, 0.1) is 12.7 Å². The second kappa shape index (κ2) is 9.49. The summed E-state index contributed by atoms with van der Waals surface area (Å²) < 4.78 is 19.7. The van der Waals surface area contributed by atoms with Crippen LogP contribution >= 0.6 is 8.24 Å². The molecule has 4 atom stereocenters. The number of aliphatic hydroxyl groups excluding tert-OH is 1. The van der Waals surface area contributed by atoms with Crippen LogP contribution < -0.4 is 4.52 Å². The van der Waals surface area contributed by atoms with Gasteiger partial charge in [0.25, 0.3) is 0 Å². The number of hydrogen-bond donors (Lipinski definition) is 1. The van der Waals surface area contributed by atoms with Crippen LogP contribution in [0.2, 0.25) is 0 Å². The summed E-state index contributed by atoms with van der Waals surface area (Å²) in [5.41, 5.74) is 4.55. The zero-order chi connectivity index (χ0) is 23.9. The minimum Gasteiger partial charge on any atom is -0.399 e. The van der Waals surface area contributed by atoms with Crippen LogP contribution in [0.1, 0.15) is 77.5 Å². The van der Waals surface area contributed by atoms with Gasteiger partial charge in [-0.3, -0.25) is 4.52 Å². The van der Waals surface area contributed by atoms with E-state index in [1.807, 2.05) is 13.0 Å². The molecule has 4 rings (SSSR count). The maximum Gasteiger partial charge on any atom is 0.387 e. The maximum absolute atomic E-state index is 10.1. The number of benzene rings is 2. The minimum absolute atomic E-state index is 0.00238. The number of aliphatic hydroxyl groups is 1. The molecular formula is C28H39O4P. The van der Waals surface area contributed by atoms with Crippen molar-refractivity contribution < 1.29 is 18.0 Å². The van der Waals surface area contributed by atoms with Crippen molar-refractivity contribution in [3.8, 4) is 0 Å². The number of rotatable bonds is 4. The zero-order valence-corrected chi connectivity index (χ0v) is 22.0. The lowest BCUT2D eigenvalue weighted by molar-refractivity contribution is 0.0746. The normalized spacial score (nSPS) is 22.3. The number of aryl methyl sites for hydroxylation is 1. The molecule has 0 bridgehead atoms. The van der Waals surface area contributed by atoms with Crippen LogP contribution in [0.5, 0.6) is 0 Å². The first-order valence-electron chi connectivity index (χ1n) is 12.3. The number of hydrogen-bond acceptors (Lipinski definition) is 4. The van der Waals surface area contributed by atoms with E-state index in [4.69, 9.17) is 12.9 Å². The SMILES string of the molecule is Cc1cc(CO)c2op(OC3CC(C)CCC3C(C)C)oc3cc(C(C)(C)C)ccc3c2c1. The summed E-state index contributed by atoms with van der Waals surface area (Å²) in [6.45, 7) is 15.5. The first kappa shape index (κ1) is 24.4. The van der Waals surface area contributed by atoms with Gasteiger partial charge < -0.3 is 13.5 Å².